The Labute approximate surface area is 360 Å². The van der Waals surface area contributed by atoms with Crippen LogP contribution in [0.3, 0.4) is 0 Å². The largest absolute Gasteiger partial charge is 0.456 e. The van der Waals surface area contributed by atoms with Crippen LogP contribution in [0.4, 0.5) is 11.4 Å². The van der Waals surface area contributed by atoms with Crippen LogP contribution in [0.5, 0.6) is 0 Å². The van der Waals surface area contributed by atoms with E-state index in [2.05, 4.69) is 200 Å². The Morgan fingerprint density at radius 3 is 1.76 bits per heavy atom. The van der Waals surface area contributed by atoms with Gasteiger partial charge < -0.3 is 13.7 Å². The van der Waals surface area contributed by atoms with E-state index in [-0.39, 0.29) is 0 Å². The minimum absolute atomic E-state index is 0.349. The van der Waals surface area contributed by atoms with Crippen molar-refractivity contribution in [1.82, 2.24) is 0 Å². The lowest BCUT2D eigenvalue weighted by Crippen LogP contribution is -2.21. The van der Waals surface area contributed by atoms with Crippen LogP contribution < -0.4 is 4.90 Å². The van der Waals surface area contributed by atoms with E-state index >= 15 is 0 Å². The molecule has 3 nitrogen and oxygen atoms in total. The van der Waals surface area contributed by atoms with Gasteiger partial charge in [0.25, 0.3) is 0 Å². The zero-order valence-corrected chi connectivity index (χ0v) is 34.3. The summed E-state index contributed by atoms with van der Waals surface area (Å²) in [6.45, 7) is 2.33. The smallest absolute Gasteiger partial charge is 0.136 e. The van der Waals surface area contributed by atoms with Gasteiger partial charge in [-0.05, 0) is 111 Å². The quantitative estimate of drug-likeness (QED) is 0.161. The van der Waals surface area contributed by atoms with Crippen LogP contribution in [0.1, 0.15) is 18.9 Å². The molecule has 294 valence electrons. The highest BCUT2D eigenvalue weighted by Gasteiger charge is 2.27. The zero-order chi connectivity index (χ0) is 41.1. The van der Waals surface area contributed by atoms with Crippen LogP contribution in [0, 0.1) is 5.92 Å². The molecule has 2 heterocycles. The predicted octanol–water partition coefficient (Wildman–Crippen LogP) is 16.8. The molecule has 0 fully saturated rings. The van der Waals surface area contributed by atoms with E-state index in [1.54, 1.807) is 0 Å². The summed E-state index contributed by atoms with van der Waals surface area (Å²) in [4.78, 5) is 2.49. The van der Waals surface area contributed by atoms with Gasteiger partial charge in [-0.15, -0.1) is 0 Å². The van der Waals surface area contributed by atoms with Crippen molar-refractivity contribution >= 4 is 71.6 Å². The Morgan fingerprint density at radius 1 is 0.435 bits per heavy atom. The Hall–Kier alpha value is -7.88. The van der Waals surface area contributed by atoms with Gasteiger partial charge in [0.1, 0.15) is 22.3 Å². The fourth-order valence-electron chi connectivity index (χ4n) is 9.65. The molecule has 2 aromatic heterocycles. The van der Waals surface area contributed by atoms with E-state index in [1.165, 1.54) is 33.0 Å². The second kappa shape index (κ2) is 14.7. The normalized spacial score (nSPS) is 14.2. The predicted molar refractivity (Wildman–Crippen MR) is 260 cm³/mol. The number of fused-ring (bicyclic) bond motifs is 7. The number of benzene rings is 9. The summed E-state index contributed by atoms with van der Waals surface area (Å²) in [5.74, 6) is 0.349. The minimum Gasteiger partial charge on any atom is -0.456 e. The zero-order valence-electron chi connectivity index (χ0n) is 34.3. The monoisotopic (exact) mass is 795 g/mol. The molecule has 11 aromatic rings. The van der Waals surface area contributed by atoms with Crippen molar-refractivity contribution in [3.63, 3.8) is 0 Å². The van der Waals surface area contributed by atoms with Gasteiger partial charge >= 0.3 is 0 Å². The summed E-state index contributed by atoms with van der Waals surface area (Å²) in [7, 11) is 0. The van der Waals surface area contributed by atoms with Crippen molar-refractivity contribution in [2.75, 3.05) is 4.90 Å². The molecule has 1 atom stereocenters. The molecule has 1 aliphatic carbocycles. The topological polar surface area (TPSA) is 29.5 Å². The number of para-hydroxylation sites is 3. The van der Waals surface area contributed by atoms with Gasteiger partial charge in [0.05, 0.1) is 5.69 Å². The molecule has 62 heavy (non-hydrogen) atoms. The molecule has 0 bridgehead atoms. The molecule has 1 unspecified atom stereocenters. The lowest BCUT2D eigenvalue weighted by atomic mass is 9.85. The maximum Gasteiger partial charge on any atom is 0.136 e. The van der Waals surface area contributed by atoms with Crippen molar-refractivity contribution in [2.24, 2.45) is 5.92 Å². The molecular formula is C59H41NO2. The van der Waals surface area contributed by atoms with Gasteiger partial charge in [-0.3, -0.25) is 0 Å². The number of rotatable bonds is 7. The molecular weight excluding hydrogens is 755 g/mol. The third-order valence-electron chi connectivity index (χ3n) is 12.6. The number of allylic oxidation sites excluding steroid dienone is 3. The second-order valence-electron chi connectivity index (χ2n) is 16.5. The van der Waals surface area contributed by atoms with Crippen LogP contribution in [0.25, 0.3) is 93.6 Å². The van der Waals surface area contributed by atoms with Gasteiger partial charge in [-0.1, -0.05) is 165 Å². The van der Waals surface area contributed by atoms with E-state index in [0.717, 1.165) is 89.6 Å². The minimum atomic E-state index is 0.349. The molecule has 3 heteroatoms. The van der Waals surface area contributed by atoms with E-state index < -0.39 is 0 Å². The summed E-state index contributed by atoms with van der Waals surface area (Å²) in [6.07, 6.45) is 5.86. The van der Waals surface area contributed by atoms with Gasteiger partial charge in [-0.25, -0.2) is 0 Å². The van der Waals surface area contributed by atoms with Gasteiger partial charge in [0, 0.05) is 44.1 Å². The van der Waals surface area contributed by atoms with Crippen molar-refractivity contribution in [1.29, 1.82) is 0 Å². The summed E-state index contributed by atoms with van der Waals surface area (Å²) < 4.78 is 12.9. The first kappa shape index (κ1) is 36.0. The lowest BCUT2D eigenvalue weighted by molar-refractivity contribution is 0.668. The fourth-order valence-corrected chi connectivity index (χ4v) is 9.65. The Kier molecular flexibility index (Phi) is 8.53. The maximum atomic E-state index is 6.46. The van der Waals surface area contributed by atoms with Crippen LogP contribution in [-0.2, 0) is 0 Å². The number of nitrogens with zero attached hydrogens (tertiary/aromatic N) is 1. The number of hydrogen-bond donors (Lipinski definition) is 0. The molecule has 1 aliphatic rings. The first-order chi connectivity index (χ1) is 30.6. The molecule has 0 saturated heterocycles. The van der Waals surface area contributed by atoms with Crippen LogP contribution >= 0.6 is 0 Å². The summed E-state index contributed by atoms with van der Waals surface area (Å²) in [5, 5.41) is 6.97. The molecule has 0 aliphatic heterocycles. The van der Waals surface area contributed by atoms with E-state index in [0.29, 0.717) is 5.92 Å². The van der Waals surface area contributed by atoms with Crippen LogP contribution in [0.15, 0.2) is 227 Å². The second-order valence-corrected chi connectivity index (χ2v) is 16.5. The average molecular weight is 796 g/mol. The number of furan rings is 2. The van der Waals surface area contributed by atoms with Crippen LogP contribution in [0.2, 0.25) is 0 Å². The van der Waals surface area contributed by atoms with Crippen molar-refractivity contribution < 1.29 is 8.83 Å². The molecule has 0 amide bonds. The Balaban J connectivity index is 1.07. The highest BCUT2D eigenvalue weighted by atomic mass is 16.3. The highest BCUT2D eigenvalue weighted by Crippen LogP contribution is 2.47. The van der Waals surface area contributed by atoms with Crippen molar-refractivity contribution in [3.05, 3.63) is 224 Å². The fraction of sp³-hybridized carbons (Fsp3) is 0.0508. The maximum absolute atomic E-state index is 6.46. The first-order valence-electron chi connectivity index (χ1n) is 21.5. The molecule has 0 radical (unpaired) electrons. The van der Waals surface area contributed by atoms with Crippen molar-refractivity contribution in [2.45, 2.75) is 13.3 Å². The summed E-state index contributed by atoms with van der Waals surface area (Å²) in [5.41, 5.74) is 16.2. The van der Waals surface area contributed by atoms with E-state index in [1.807, 2.05) is 24.3 Å². The SMILES string of the molecule is CC1C=C(c2cccc3cccc(-c4ccccc4)c23)C(N(c2cccc(-c3ccc4c(c3)oc3ccccc34)c2)c2ccccc2-c2ccc3c(c2)oc2ccccc23)=CC1. The van der Waals surface area contributed by atoms with Gasteiger partial charge in [-0.2, -0.15) is 0 Å². The highest BCUT2D eigenvalue weighted by molar-refractivity contribution is 6.09. The first-order valence-corrected chi connectivity index (χ1v) is 21.5. The summed E-state index contributed by atoms with van der Waals surface area (Å²) >= 11 is 0. The lowest BCUT2D eigenvalue weighted by Gasteiger charge is -2.34. The molecule has 12 rings (SSSR count). The van der Waals surface area contributed by atoms with E-state index in [9.17, 15) is 0 Å². The third kappa shape index (κ3) is 6.04. The van der Waals surface area contributed by atoms with Crippen LogP contribution in [-0.4, -0.2) is 0 Å². The molecule has 0 N–H and O–H groups in total. The molecule has 9 aromatic carbocycles. The third-order valence-corrected chi connectivity index (χ3v) is 12.6. The van der Waals surface area contributed by atoms with Gasteiger partial charge in [0.15, 0.2) is 0 Å². The summed E-state index contributed by atoms with van der Waals surface area (Å²) in [6, 6.07) is 71.8. The average Bonchev–Trinajstić information content (AvgIpc) is 3.90. The molecule has 0 spiro atoms. The van der Waals surface area contributed by atoms with Crippen molar-refractivity contribution in [3.8, 4) is 33.4 Å². The molecule has 0 saturated carbocycles. The van der Waals surface area contributed by atoms with Gasteiger partial charge in [0.2, 0.25) is 0 Å². The Morgan fingerprint density at radius 2 is 1.00 bits per heavy atom. The van der Waals surface area contributed by atoms with E-state index in [4.69, 9.17) is 8.83 Å². The standard InChI is InChI=1S/C59H41NO2/c1-38-28-33-54(52(34-38)51-24-13-17-40-16-12-23-46(59(40)51)39-14-3-2-4-15-39)60(44-19-11-18-41(35-44)42-29-31-49-47-21-6-9-26-55(47)61-57(49)36-42)53-25-8-5-20-45(53)43-30-32-50-48-22-7-10-27-56(48)62-58(50)37-43/h2-27,29-38H,28H2,1H3. The number of hydrogen-bond acceptors (Lipinski definition) is 3. The number of anilines is 2. The Bertz CT molecular complexity index is 3580.